The molecular formula is C11H14N4O. The van der Waals surface area contributed by atoms with Crippen molar-refractivity contribution in [2.75, 3.05) is 12.3 Å². The van der Waals surface area contributed by atoms with Crippen molar-refractivity contribution in [2.45, 2.75) is 6.42 Å². The normalized spacial score (nSPS) is 10.6. The summed E-state index contributed by atoms with van der Waals surface area (Å²) in [7, 11) is 0. The third kappa shape index (κ3) is 1.85. The quantitative estimate of drug-likeness (QED) is 0.706. The SMILES string of the molecule is NCCc1cnn(-c2ccc(O)cc2)c1N. The average molecular weight is 218 g/mol. The molecule has 0 unspecified atom stereocenters. The lowest BCUT2D eigenvalue weighted by atomic mass is 10.2. The van der Waals surface area contributed by atoms with Crippen molar-refractivity contribution in [1.29, 1.82) is 0 Å². The van der Waals surface area contributed by atoms with Gasteiger partial charge in [0.25, 0.3) is 0 Å². The van der Waals surface area contributed by atoms with Crippen LogP contribution in [0.2, 0.25) is 0 Å². The second kappa shape index (κ2) is 4.24. The van der Waals surface area contributed by atoms with Gasteiger partial charge in [-0.25, -0.2) is 4.68 Å². The number of nitrogens with zero attached hydrogens (tertiary/aromatic N) is 2. The second-order valence-electron chi connectivity index (χ2n) is 3.52. The maximum Gasteiger partial charge on any atom is 0.130 e. The number of phenols is 1. The van der Waals surface area contributed by atoms with Crippen molar-refractivity contribution in [1.82, 2.24) is 9.78 Å². The standard InChI is InChI=1S/C11H14N4O/c12-6-5-8-7-14-15(11(8)13)9-1-3-10(16)4-2-9/h1-4,7,16H,5-6,12-13H2. The molecule has 5 nitrogen and oxygen atoms in total. The molecule has 1 aromatic heterocycles. The highest BCUT2D eigenvalue weighted by atomic mass is 16.3. The number of nitrogen functional groups attached to an aromatic ring is 1. The minimum absolute atomic E-state index is 0.219. The van der Waals surface area contributed by atoms with E-state index in [-0.39, 0.29) is 5.75 Å². The molecule has 2 aromatic rings. The van der Waals surface area contributed by atoms with Crippen LogP contribution in [0.4, 0.5) is 5.82 Å². The van der Waals surface area contributed by atoms with Gasteiger partial charge >= 0.3 is 0 Å². The zero-order valence-electron chi connectivity index (χ0n) is 8.80. The Kier molecular flexibility index (Phi) is 2.78. The molecule has 5 N–H and O–H groups in total. The van der Waals surface area contributed by atoms with E-state index in [1.165, 1.54) is 0 Å². The molecule has 0 aliphatic rings. The van der Waals surface area contributed by atoms with Crippen LogP contribution in [0.3, 0.4) is 0 Å². The van der Waals surface area contributed by atoms with Gasteiger partial charge in [0.1, 0.15) is 11.6 Å². The van der Waals surface area contributed by atoms with E-state index in [0.717, 1.165) is 11.3 Å². The Balaban J connectivity index is 2.37. The van der Waals surface area contributed by atoms with E-state index in [9.17, 15) is 5.11 Å². The highest BCUT2D eigenvalue weighted by Gasteiger charge is 2.07. The summed E-state index contributed by atoms with van der Waals surface area (Å²) in [5.74, 6) is 0.813. The van der Waals surface area contributed by atoms with Gasteiger partial charge in [-0.3, -0.25) is 0 Å². The summed E-state index contributed by atoms with van der Waals surface area (Å²) < 4.78 is 1.63. The number of anilines is 1. The van der Waals surface area contributed by atoms with Gasteiger partial charge in [-0.05, 0) is 37.2 Å². The second-order valence-corrected chi connectivity index (χ2v) is 3.52. The highest BCUT2D eigenvalue weighted by molar-refractivity contribution is 5.48. The first kappa shape index (κ1) is 10.5. The maximum atomic E-state index is 9.18. The van der Waals surface area contributed by atoms with E-state index in [1.54, 1.807) is 35.1 Å². The van der Waals surface area contributed by atoms with Gasteiger partial charge in [0.05, 0.1) is 11.9 Å². The van der Waals surface area contributed by atoms with Crippen LogP contribution in [-0.2, 0) is 6.42 Å². The minimum Gasteiger partial charge on any atom is -0.508 e. The molecule has 0 fully saturated rings. The van der Waals surface area contributed by atoms with Crippen LogP contribution in [0.1, 0.15) is 5.56 Å². The molecule has 0 atom stereocenters. The predicted octanol–water partition coefficient (Wildman–Crippen LogP) is 0.661. The number of nitrogens with two attached hydrogens (primary N) is 2. The molecule has 0 spiro atoms. The molecular weight excluding hydrogens is 204 g/mol. The molecule has 1 aromatic carbocycles. The smallest absolute Gasteiger partial charge is 0.130 e. The van der Waals surface area contributed by atoms with Crippen molar-refractivity contribution in [2.24, 2.45) is 5.73 Å². The fourth-order valence-electron chi connectivity index (χ4n) is 1.54. The van der Waals surface area contributed by atoms with Gasteiger partial charge < -0.3 is 16.6 Å². The van der Waals surface area contributed by atoms with Crippen LogP contribution in [0.15, 0.2) is 30.5 Å². The first-order chi connectivity index (χ1) is 7.72. The molecule has 0 saturated heterocycles. The monoisotopic (exact) mass is 218 g/mol. The van der Waals surface area contributed by atoms with E-state index in [0.29, 0.717) is 18.8 Å². The summed E-state index contributed by atoms with van der Waals surface area (Å²) in [5.41, 5.74) is 13.2. The lowest BCUT2D eigenvalue weighted by molar-refractivity contribution is 0.475. The van der Waals surface area contributed by atoms with Crippen molar-refractivity contribution in [3.05, 3.63) is 36.0 Å². The van der Waals surface area contributed by atoms with Gasteiger partial charge in [0, 0.05) is 5.56 Å². The molecule has 5 heteroatoms. The van der Waals surface area contributed by atoms with E-state index in [4.69, 9.17) is 11.5 Å². The van der Waals surface area contributed by atoms with E-state index < -0.39 is 0 Å². The van der Waals surface area contributed by atoms with Crippen LogP contribution in [0.5, 0.6) is 5.75 Å². The van der Waals surface area contributed by atoms with E-state index >= 15 is 0 Å². The number of rotatable bonds is 3. The van der Waals surface area contributed by atoms with Gasteiger partial charge in [0.2, 0.25) is 0 Å². The zero-order chi connectivity index (χ0) is 11.5. The molecule has 0 bridgehead atoms. The van der Waals surface area contributed by atoms with Crippen molar-refractivity contribution in [3.63, 3.8) is 0 Å². The Hall–Kier alpha value is -2.01. The van der Waals surface area contributed by atoms with E-state index in [2.05, 4.69) is 5.10 Å². The lowest BCUT2D eigenvalue weighted by Gasteiger charge is -2.04. The third-order valence-electron chi connectivity index (χ3n) is 2.39. The summed E-state index contributed by atoms with van der Waals surface area (Å²) in [4.78, 5) is 0. The predicted molar refractivity (Wildman–Crippen MR) is 62.4 cm³/mol. The number of hydrogen-bond acceptors (Lipinski definition) is 4. The maximum absolute atomic E-state index is 9.18. The van der Waals surface area contributed by atoms with Gasteiger partial charge in [-0.15, -0.1) is 0 Å². The van der Waals surface area contributed by atoms with Crippen molar-refractivity contribution >= 4 is 5.82 Å². The lowest BCUT2D eigenvalue weighted by Crippen LogP contribution is -2.06. The Bertz CT molecular complexity index is 475. The largest absolute Gasteiger partial charge is 0.508 e. The van der Waals surface area contributed by atoms with Gasteiger partial charge in [0.15, 0.2) is 0 Å². The van der Waals surface area contributed by atoms with E-state index in [1.807, 2.05) is 0 Å². The zero-order valence-corrected chi connectivity index (χ0v) is 8.80. The molecule has 0 amide bonds. The average Bonchev–Trinajstić information content (AvgIpc) is 2.63. The number of phenolic OH excluding ortho intramolecular Hbond substituents is 1. The van der Waals surface area contributed by atoms with Crippen molar-refractivity contribution in [3.8, 4) is 11.4 Å². The fraction of sp³-hybridized carbons (Fsp3) is 0.182. The molecule has 0 aliphatic carbocycles. The topological polar surface area (TPSA) is 90.1 Å². The fourth-order valence-corrected chi connectivity index (χ4v) is 1.54. The van der Waals surface area contributed by atoms with Crippen LogP contribution in [0.25, 0.3) is 5.69 Å². The Morgan fingerprint density at radius 1 is 1.25 bits per heavy atom. The molecule has 2 rings (SSSR count). The van der Waals surface area contributed by atoms with Crippen LogP contribution in [0, 0.1) is 0 Å². The number of benzene rings is 1. The van der Waals surface area contributed by atoms with Crippen LogP contribution >= 0.6 is 0 Å². The minimum atomic E-state index is 0.219. The van der Waals surface area contributed by atoms with Crippen molar-refractivity contribution < 1.29 is 5.11 Å². The number of aromatic nitrogens is 2. The highest BCUT2D eigenvalue weighted by Crippen LogP contribution is 2.19. The summed E-state index contributed by atoms with van der Waals surface area (Å²) in [6.45, 7) is 0.547. The third-order valence-corrected chi connectivity index (χ3v) is 2.39. The first-order valence-electron chi connectivity index (χ1n) is 5.04. The molecule has 84 valence electrons. The molecule has 0 radical (unpaired) electrons. The molecule has 16 heavy (non-hydrogen) atoms. The van der Waals surface area contributed by atoms with Crippen LogP contribution < -0.4 is 11.5 Å². The van der Waals surface area contributed by atoms with Gasteiger partial charge in [-0.2, -0.15) is 5.10 Å². The summed E-state index contributed by atoms with van der Waals surface area (Å²) >= 11 is 0. The summed E-state index contributed by atoms with van der Waals surface area (Å²) in [6.07, 6.45) is 2.43. The Morgan fingerprint density at radius 2 is 1.94 bits per heavy atom. The Labute approximate surface area is 93.3 Å². The molecule has 0 aliphatic heterocycles. The molecule has 1 heterocycles. The number of aromatic hydroxyl groups is 1. The van der Waals surface area contributed by atoms with Crippen LogP contribution in [-0.4, -0.2) is 21.4 Å². The van der Waals surface area contributed by atoms with Gasteiger partial charge in [-0.1, -0.05) is 0 Å². The number of hydrogen-bond donors (Lipinski definition) is 3. The molecule has 0 saturated carbocycles. The summed E-state index contributed by atoms with van der Waals surface area (Å²) in [6, 6.07) is 6.70. The Morgan fingerprint density at radius 3 is 2.56 bits per heavy atom. The summed E-state index contributed by atoms with van der Waals surface area (Å²) in [5, 5.41) is 13.4. The first-order valence-corrected chi connectivity index (χ1v) is 5.04.